The lowest BCUT2D eigenvalue weighted by Crippen LogP contribution is -2.48. The van der Waals surface area contributed by atoms with Gasteiger partial charge in [0.1, 0.15) is 0 Å². The van der Waals surface area contributed by atoms with E-state index in [0.29, 0.717) is 13.1 Å². The average Bonchev–Trinajstić information content (AvgIpc) is 3.38. The Morgan fingerprint density at radius 2 is 1.84 bits per heavy atom. The van der Waals surface area contributed by atoms with Crippen LogP contribution in [0.25, 0.3) is 16.9 Å². The molecule has 0 unspecified atom stereocenters. The third-order valence-electron chi connectivity index (χ3n) is 5.63. The van der Waals surface area contributed by atoms with Crippen LogP contribution in [0.5, 0.6) is 0 Å². The van der Waals surface area contributed by atoms with Crippen LogP contribution < -0.4 is 0 Å². The van der Waals surface area contributed by atoms with Crippen molar-refractivity contribution >= 4 is 22.8 Å². The molecule has 1 aliphatic heterocycles. The second kappa shape index (κ2) is 8.29. The van der Waals surface area contributed by atoms with Gasteiger partial charge in [-0.25, -0.2) is 4.98 Å². The zero-order chi connectivity index (χ0) is 21.4. The molecule has 0 N–H and O–H groups in total. The number of rotatable bonds is 4. The third-order valence-corrected chi connectivity index (χ3v) is 6.47. The molecule has 5 rings (SSSR count). The van der Waals surface area contributed by atoms with E-state index in [1.165, 1.54) is 5.56 Å². The summed E-state index contributed by atoms with van der Waals surface area (Å²) in [5, 5.41) is 3.15. The summed E-state index contributed by atoms with van der Waals surface area (Å²) in [7, 11) is 0. The predicted molar refractivity (Wildman–Crippen MR) is 124 cm³/mol. The summed E-state index contributed by atoms with van der Waals surface area (Å²) < 4.78 is 7.88. The minimum Gasteiger partial charge on any atom is -0.372 e. The minimum absolute atomic E-state index is 0.0418. The van der Waals surface area contributed by atoms with Crippen molar-refractivity contribution in [1.29, 1.82) is 0 Å². The molecule has 0 radical (unpaired) electrons. The SMILES string of the molecule is C[C@@H]1CN(C(=O)c2cc(-c3csc(Cc4ccccc4)n3)n3ccccc23)C[C@@H](C)O1. The zero-order valence-electron chi connectivity index (χ0n) is 17.7. The first-order valence-corrected chi connectivity index (χ1v) is 11.5. The number of fused-ring (bicyclic) bond motifs is 1. The van der Waals surface area contributed by atoms with Gasteiger partial charge in [-0.15, -0.1) is 11.3 Å². The van der Waals surface area contributed by atoms with Crippen molar-refractivity contribution < 1.29 is 9.53 Å². The highest BCUT2D eigenvalue weighted by molar-refractivity contribution is 7.10. The number of nitrogens with zero attached hydrogens (tertiary/aromatic N) is 3. The van der Waals surface area contributed by atoms with E-state index in [1.54, 1.807) is 11.3 Å². The molecule has 2 atom stereocenters. The quantitative estimate of drug-likeness (QED) is 0.462. The molecule has 31 heavy (non-hydrogen) atoms. The van der Waals surface area contributed by atoms with Crippen LogP contribution in [-0.2, 0) is 11.2 Å². The molecular formula is C25H25N3O2S. The smallest absolute Gasteiger partial charge is 0.256 e. The molecule has 0 spiro atoms. The van der Waals surface area contributed by atoms with Gasteiger partial charge in [-0.1, -0.05) is 36.4 Å². The molecule has 0 bridgehead atoms. The van der Waals surface area contributed by atoms with Crippen LogP contribution in [0, 0.1) is 0 Å². The van der Waals surface area contributed by atoms with Crippen molar-refractivity contribution in [1.82, 2.24) is 14.3 Å². The molecule has 0 saturated carbocycles. The summed E-state index contributed by atoms with van der Waals surface area (Å²) in [5.41, 5.74) is 4.72. The Hall–Kier alpha value is -2.96. The van der Waals surface area contributed by atoms with Crippen LogP contribution in [0.3, 0.4) is 0 Å². The van der Waals surface area contributed by atoms with Gasteiger partial charge < -0.3 is 14.0 Å². The second-order valence-electron chi connectivity index (χ2n) is 8.16. The van der Waals surface area contributed by atoms with Crippen molar-refractivity contribution in [3.63, 3.8) is 0 Å². The lowest BCUT2D eigenvalue weighted by Gasteiger charge is -2.35. The van der Waals surface area contributed by atoms with Crippen LogP contribution in [0.4, 0.5) is 0 Å². The topological polar surface area (TPSA) is 46.8 Å². The first kappa shape index (κ1) is 20.0. The van der Waals surface area contributed by atoms with Crippen molar-refractivity contribution in [2.24, 2.45) is 0 Å². The molecule has 4 heterocycles. The number of carbonyl (C=O) groups is 1. The molecule has 3 aromatic heterocycles. The van der Waals surface area contributed by atoms with E-state index in [1.807, 2.05) is 55.3 Å². The summed E-state index contributed by atoms with van der Waals surface area (Å²) in [6, 6.07) is 18.3. The molecule has 1 aromatic carbocycles. The maximum absolute atomic E-state index is 13.4. The molecule has 0 aliphatic carbocycles. The summed E-state index contributed by atoms with van der Waals surface area (Å²) in [5.74, 6) is 0.0525. The van der Waals surface area contributed by atoms with E-state index >= 15 is 0 Å². The molecule has 1 aliphatic rings. The fourth-order valence-electron chi connectivity index (χ4n) is 4.32. The standard InChI is InChI=1S/C25H25N3O2S/c1-17-14-27(15-18(2)30-17)25(29)20-13-23(28-11-7-6-10-22(20)28)21-16-31-24(26-21)12-19-8-4-3-5-9-19/h3-11,13,16-18H,12,14-15H2,1-2H3/t17-,18-/m1/s1. The van der Waals surface area contributed by atoms with Gasteiger partial charge in [0.2, 0.25) is 0 Å². The summed E-state index contributed by atoms with van der Waals surface area (Å²) in [6.45, 7) is 5.26. The van der Waals surface area contributed by atoms with Crippen molar-refractivity contribution in [2.75, 3.05) is 13.1 Å². The van der Waals surface area contributed by atoms with Gasteiger partial charge in [-0.2, -0.15) is 0 Å². The molecule has 158 valence electrons. The summed E-state index contributed by atoms with van der Waals surface area (Å²) in [6.07, 6.45) is 2.90. The molecular weight excluding hydrogens is 406 g/mol. The largest absolute Gasteiger partial charge is 0.372 e. The number of pyridine rings is 1. The van der Waals surface area contributed by atoms with Crippen LogP contribution in [-0.4, -0.2) is 45.5 Å². The molecule has 4 aromatic rings. The van der Waals surface area contributed by atoms with E-state index in [9.17, 15) is 4.79 Å². The number of ether oxygens (including phenoxy) is 1. The highest BCUT2D eigenvalue weighted by atomic mass is 32.1. The van der Waals surface area contributed by atoms with Gasteiger partial charge in [-0.05, 0) is 37.6 Å². The Labute approximate surface area is 185 Å². The number of carbonyl (C=O) groups excluding carboxylic acids is 1. The molecule has 1 amide bonds. The highest BCUT2D eigenvalue weighted by Crippen LogP contribution is 2.29. The van der Waals surface area contributed by atoms with E-state index in [-0.39, 0.29) is 18.1 Å². The van der Waals surface area contributed by atoms with Gasteiger partial charge in [0, 0.05) is 31.1 Å². The van der Waals surface area contributed by atoms with Crippen LogP contribution in [0.2, 0.25) is 0 Å². The Bertz CT molecular complexity index is 1200. The number of benzene rings is 1. The number of amides is 1. The number of morpholine rings is 1. The predicted octanol–water partition coefficient (Wildman–Crippen LogP) is 4.90. The third kappa shape index (κ3) is 4.01. The van der Waals surface area contributed by atoms with Crippen molar-refractivity contribution in [3.05, 3.63) is 82.3 Å². The Balaban J connectivity index is 1.49. The van der Waals surface area contributed by atoms with Crippen molar-refractivity contribution in [3.8, 4) is 11.4 Å². The number of aromatic nitrogens is 2. The monoisotopic (exact) mass is 431 g/mol. The van der Waals surface area contributed by atoms with Gasteiger partial charge in [0.05, 0.1) is 39.7 Å². The molecule has 1 saturated heterocycles. The maximum atomic E-state index is 13.4. The summed E-state index contributed by atoms with van der Waals surface area (Å²) in [4.78, 5) is 20.2. The second-order valence-corrected chi connectivity index (χ2v) is 9.10. The van der Waals surface area contributed by atoms with Crippen LogP contribution in [0.1, 0.15) is 34.8 Å². The van der Waals surface area contributed by atoms with Gasteiger partial charge in [0.25, 0.3) is 5.91 Å². The maximum Gasteiger partial charge on any atom is 0.256 e. The molecule has 6 heteroatoms. The lowest BCUT2D eigenvalue weighted by atomic mass is 10.1. The number of hydrogen-bond acceptors (Lipinski definition) is 4. The molecule has 1 fully saturated rings. The zero-order valence-corrected chi connectivity index (χ0v) is 18.5. The average molecular weight is 432 g/mol. The van der Waals surface area contributed by atoms with E-state index < -0.39 is 0 Å². The minimum atomic E-state index is 0.0418. The fraction of sp³-hybridized carbons (Fsp3) is 0.280. The normalized spacial score (nSPS) is 19.1. The fourth-order valence-corrected chi connectivity index (χ4v) is 5.14. The first-order valence-electron chi connectivity index (χ1n) is 10.6. The van der Waals surface area contributed by atoms with Crippen molar-refractivity contribution in [2.45, 2.75) is 32.5 Å². The Morgan fingerprint density at radius 3 is 2.61 bits per heavy atom. The molecule has 5 nitrogen and oxygen atoms in total. The van der Waals surface area contributed by atoms with Gasteiger partial charge in [0.15, 0.2) is 0 Å². The van der Waals surface area contributed by atoms with E-state index in [2.05, 4.69) is 34.0 Å². The van der Waals surface area contributed by atoms with Gasteiger partial charge >= 0.3 is 0 Å². The lowest BCUT2D eigenvalue weighted by molar-refractivity contribution is -0.0585. The highest BCUT2D eigenvalue weighted by Gasteiger charge is 2.29. The van der Waals surface area contributed by atoms with Crippen LogP contribution >= 0.6 is 11.3 Å². The van der Waals surface area contributed by atoms with Gasteiger partial charge in [-0.3, -0.25) is 4.79 Å². The van der Waals surface area contributed by atoms with Crippen LogP contribution in [0.15, 0.2) is 66.2 Å². The van der Waals surface area contributed by atoms with E-state index in [4.69, 9.17) is 9.72 Å². The summed E-state index contributed by atoms with van der Waals surface area (Å²) >= 11 is 1.66. The number of hydrogen-bond donors (Lipinski definition) is 0. The first-order chi connectivity index (χ1) is 15.1. The van der Waals surface area contributed by atoms with E-state index in [0.717, 1.165) is 33.9 Å². The Morgan fingerprint density at radius 1 is 1.10 bits per heavy atom. The Kier molecular flexibility index (Phi) is 5.34. The number of thiazole rings is 1.